The van der Waals surface area contributed by atoms with Crippen molar-refractivity contribution in [3.63, 3.8) is 0 Å². The van der Waals surface area contributed by atoms with Crippen LogP contribution in [0.3, 0.4) is 0 Å². The van der Waals surface area contributed by atoms with Crippen molar-refractivity contribution in [3.8, 4) is 11.5 Å². The van der Waals surface area contributed by atoms with E-state index >= 15 is 0 Å². The predicted octanol–water partition coefficient (Wildman–Crippen LogP) is 3.80. The van der Waals surface area contributed by atoms with Crippen molar-refractivity contribution < 1.29 is 19.4 Å². The normalized spacial score (nSPS) is 20.1. The fourth-order valence-corrected chi connectivity index (χ4v) is 3.22. The zero-order valence-electron chi connectivity index (χ0n) is 14.1. The van der Waals surface area contributed by atoms with Crippen LogP contribution in [-0.4, -0.2) is 34.5 Å². The van der Waals surface area contributed by atoms with E-state index in [4.69, 9.17) is 4.74 Å². The van der Waals surface area contributed by atoms with Gasteiger partial charge < -0.3 is 14.7 Å². The zero-order valence-corrected chi connectivity index (χ0v) is 14.1. The molecule has 0 saturated carbocycles. The van der Waals surface area contributed by atoms with Crippen LogP contribution < -0.4 is 4.74 Å². The Labute approximate surface area is 146 Å². The second-order valence-corrected chi connectivity index (χ2v) is 6.27. The highest BCUT2D eigenvalue weighted by Gasteiger charge is 2.35. The Balaban J connectivity index is 1.71. The number of rotatable bonds is 4. The summed E-state index contributed by atoms with van der Waals surface area (Å²) >= 11 is 0. The van der Waals surface area contributed by atoms with Gasteiger partial charge in [0, 0.05) is 18.2 Å². The van der Waals surface area contributed by atoms with E-state index in [-0.39, 0.29) is 11.9 Å². The van der Waals surface area contributed by atoms with Gasteiger partial charge in [-0.3, -0.25) is 9.59 Å². The number of hydrogen-bond acceptors (Lipinski definition) is 3. The minimum Gasteiger partial charge on any atom is -0.481 e. The van der Waals surface area contributed by atoms with E-state index in [2.05, 4.69) is 0 Å². The fourth-order valence-electron chi connectivity index (χ4n) is 3.22. The molecule has 0 bridgehead atoms. The van der Waals surface area contributed by atoms with Crippen molar-refractivity contribution in [3.05, 3.63) is 60.2 Å². The minimum absolute atomic E-state index is 0.135. The SMILES string of the molecule is C[C@@H]1[C@H](C(=O)O)CCCN1C(=O)c1ccc(Oc2ccccc2)cc1. The van der Waals surface area contributed by atoms with Gasteiger partial charge in [0.25, 0.3) is 5.91 Å². The lowest BCUT2D eigenvalue weighted by atomic mass is 9.90. The number of amides is 1. The first-order chi connectivity index (χ1) is 12.1. The molecule has 1 fully saturated rings. The second kappa shape index (κ2) is 7.38. The Kier molecular flexibility index (Phi) is 5.03. The third-order valence-electron chi connectivity index (χ3n) is 4.65. The fraction of sp³-hybridized carbons (Fsp3) is 0.300. The highest BCUT2D eigenvalue weighted by molar-refractivity contribution is 5.95. The van der Waals surface area contributed by atoms with Crippen LogP contribution >= 0.6 is 0 Å². The molecule has 3 rings (SSSR count). The lowest BCUT2D eigenvalue weighted by molar-refractivity contribution is -0.144. The Morgan fingerprint density at radius 2 is 1.68 bits per heavy atom. The van der Waals surface area contributed by atoms with E-state index in [1.54, 1.807) is 29.2 Å². The van der Waals surface area contributed by atoms with Gasteiger partial charge in [-0.1, -0.05) is 18.2 Å². The summed E-state index contributed by atoms with van der Waals surface area (Å²) < 4.78 is 5.73. The number of carbonyl (C=O) groups is 2. The molecule has 1 heterocycles. The van der Waals surface area contributed by atoms with E-state index in [0.29, 0.717) is 30.7 Å². The number of para-hydroxylation sites is 1. The molecule has 2 aromatic carbocycles. The number of nitrogens with zero attached hydrogens (tertiary/aromatic N) is 1. The third-order valence-corrected chi connectivity index (χ3v) is 4.65. The molecular formula is C20H21NO4. The summed E-state index contributed by atoms with van der Waals surface area (Å²) in [6, 6.07) is 16.1. The number of hydrogen-bond donors (Lipinski definition) is 1. The van der Waals surface area contributed by atoms with E-state index in [9.17, 15) is 14.7 Å². The molecule has 2 aromatic rings. The molecule has 0 aromatic heterocycles. The number of likely N-dealkylation sites (tertiary alicyclic amines) is 1. The Hall–Kier alpha value is -2.82. The van der Waals surface area contributed by atoms with Gasteiger partial charge in [0.05, 0.1) is 5.92 Å². The maximum absolute atomic E-state index is 12.7. The van der Waals surface area contributed by atoms with Crippen LogP contribution in [0.15, 0.2) is 54.6 Å². The van der Waals surface area contributed by atoms with Crippen molar-refractivity contribution >= 4 is 11.9 Å². The summed E-state index contributed by atoms with van der Waals surface area (Å²) in [5.74, 6) is -0.0897. The second-order valence-electron chi connectivity index (χ2n) is 6.27. The molecule has 0 radical (unpaired) electrons. The minimum atomic E-state index is -0.836. The molecule has 130 valence electrons. The van der Waals surface area contributed by atoms with E-state index in [1.165, 1.54) is 0 Å². The van der Waals surface area contributed by atoms with E-state index in [0.717, 1.165) is 5.75 Å². The lowest BCUT2D eigenvalue weighted by Crippen LogP contribution is -2.49. The van der Waals surface area contributed by atoms with Crippen LogP contribution in [0.25, 0.3) is 0 Å². The van der Waals surface area contributed by atoms with Crippen LogP contribution in [-0.2, 0) is 4.79 Å². The standard InChI is InChI=1S/C20H21NO4/c1-14-18(20(23)24)8-5-13-21(14)19(22)15-9-11-17(12-10-15)25-16-6-3-2-4-7-16/h2-4,6-7,9-12,14,18H,5,8,13H2,1H3,(H,23,24)/t14-,18-/m1/s1. The van der Waals surface area contributed by atoms with Crippen molar-refractivity contribution in [1.29, 1.82) is 0 Å². The summed E-state index contributed by atoms with van der Waals surface area (Å²) in [5, 5.41) is 9.30. The number of aliphatic carboxylic acids is 1. The number of carbonyl (C=O) groups excluding carboxylic acids is 1. The number of carboxylic acids is 1. The number of piperidine rings is 1. The Morgan fingerprint density at radius 3 is 2.32 bits per heavy atom. The Morgan fingerprint density at radius 1 is 1.04 bits per heavy atom. The number of ether oxygens (including phenoxy) is 1. The van der Waals surface area contributed by atoms with Crippen molar-refractivity contribution in [2.24, 2.45) is 5.92 Å². The summed E-state index contributed by atoms with van der Waals surface area (Å²) in [5.41, 5.74) is 0.540. The molecule has 2 atom stereocenters. The van der Waals surface area contributed by atoms with E-state index < -0.39 is 11.9 Å². The zero-order chi connectivity index (χ0) is 17.8. The van der Waals surface area contributed by atoms with Gasteiger partial charge in [-0.15, -0.1) is 0 Å². The maximum Gasteiger partial charge on any atom is 0.308 e. The van der Waals surface area contributed by atoms with Gasteiger partial charge in [-0.25, -0.2) is 0 Å². The monoisotopic (exact) mass is 339 g/mol. The van der Waals surface area contributed by atoms with Crippen LogP contribution in [0.2, 0.25) is 0 Å². The third kappa shape index (κ3) is 3.82. The van der Waals surface area contributed by atoms with Gasteiger partial charge in [0.15, 0.2) is 0 Å². The summed E-state index contributed by atoms with van der Waals surface area (Å²) in [6.07, 6.45) is 1.33. The van der Waals surface area contributed by atoms with Crippen LogP contribution in [0, 0.1) is 5.92 Å². The molecule has 0 unspecified atom stereocenters. The highest BCUT2D eigenvalue weighted by atomic mass is 16.5. The molecule has 25 heavy (non-hydrogen) atoms. The summed E-state index contributed by atoms with van der Waals surface area (Å²) in [6.45, 7) is 2.40. The molecule has 1 aliphatic heterocycles. The molecule has 1 N–H and O–H groups in total. The molecule has 5 heteroatoms. The van der Waals surface area contributed by atoms with Crippen LogP contribution in [0.1, 0.15) is 30.1 Å². The highest BCUT2D eigenvalue weighted by Crippen LogP contribution is 2.26. The molecule has 1 saturated heterocycles. The van der Waals surface area contributed by atoms with Crippen molar-refractivity contribution in [2.75, 3.05) is 6.54 Å². The number of benzene rings is 2. The smallest absolute Gasteiger partial charge is 0.308 e. The lowest BCUT2D eigenvalue weighted by Gasteiger charge is -2.37. The topological polar surface area (TPSA) is 66.8 Å². The van der Waals surface area contributed by atoms with Gasteiger partial charge in [-0.05, 0) is 56.2 Å². The molecular weight excluding hydrogens is 318 g/mol. The molecule has 0 aliphatic carbocycles. The predicted molar refractivity (Wildman–Crippen MR) is 93.8 cm³/mol. The quantitative estimate of drug-likeness (QED) is 0.920. The van der Waals surface area contributed by atoms with Crippen molar-refractivity contribution in [2.45, 2.75) is 25.8 Å². The average Bonchev–Trinajstić information content (AvgIpc) is 2.62. The first-order valence-electron chi connectivity index (χ1n) is 8.43. The average molecular weight is 339 g/mol. The Bertz CT molecular complexity index is 742. The van der Waals surface area contributed by atoms with E-state index in [1.807, 2.05) is 37.3 Å². The molecule has 0 spiro atoms. The largest absolute Gasteiger partial charge is 0.481 e. The van der Waals surface area contributed by atoms with Crippen LogP contribution in [0.4, 0.5) is 0 Å². The van der Waals surface area contributed by atoms with Gasteiger partial charge in [0.2, 0.25) is 0 Å². The summed E-state index contributed by atoms with van der Waals surface area (Å²) in [7, 11) is 0. The molecule has 1 amide bonds. The number of carboxylic acid groups (broad SMARTS) is 1. The van der Waals surface area contributed by atoms with Gasteiger partial charge in [-0.2, -0.15) is 0 Å². The first kappa shape index (κ1) is 17.0. The first-order valence-corrected chi connectivity index (χ1v) is 8.43. The maximum atomic E-state index is 12.7. The van der Waals surface area contributed by atoms with Crippen LogP contribution in [0.5, 0.6) is 11.5 Å². The van der Waals surface area contributed by atoms with Gasteiger partial charge >= 0.3 is 5.97 Å². The molecule has 1 aliphatic rings. The summed E-state index contributed by atoms with van der Waals surface area (Å²) in [4.78, 5) is 25.7. The van der Waals surface area contributed by atoms with Gasteiger partial charge in [0.1, 0.15) is 11.5 Å². The molecule has 5 nitrogen and oxygen atoms in total. The van der Waals surface area contributed by atoms with Crippen molar-refractivity contribution in [1.82, 2.24) is 4.90 Å².